The fourth-order valence-corrected chi connectivity index (χ4v) is 4.79. The van der Waals surface area contributed by atoms with Crippen molar-refractivity contribution in [1.82, 2.24) is 5.32 Å². The molecule has 202 valence electrons. The Kier molecular flexibility index (Phi) is 7.46. The lowest BCUT2D eigenvalue weighted by molar-refractivity contribution is -0.384. The highest BCUT2D eigenvalue weighted by Gasteiger charge is 2.22. The fraction of sp³-hybridized carbons (Fsp3) is 0.161. The van der Waals surface area contributed by atoms with Gasteiger partial charge in [0.1, 0.15) is 12.4 Å². The van der Waals surface area contributed by atoms with Crippen molar-refractivity contribution < 1.29 is 19.2 Å². The Hall–Kier alpha value is -5.18. The van der Waals surface area contributed by atoms with Gasteiger partial charge in [0.2, 0.25) is 5.91 Å². The zero-order valence-electron chi connectivity index (χ0n) is 21.9. The molecule has 2 amide bonds. The molecule has 0 aliphatic carbocycles. The number of nitrogens with two attached hydrogens (primary N) is 1. The highest BCUT2D eigenvalue weighted by molar-refractivity contribution is 5.95. The van der Waals surface area contributed by atoms with Crippen molar-refractivity contribution >= 4 is 23.2 Å². The largest absolute Gasteiger partial charge is 0.490 e. The van der Waals surface area contributed by atoms with E-state index in [0.717, 1.165) is 27.9 Å². The summed E-state index contributed by atoms with van der Waals surface area (Å²) >= 11 is 0. The third kappa shape index (κ3) is 5.63. The molecule has 4 aromatic rings. The van der Waals surface area contributed by atoms with E-state index < -0.39 is 10.8 Å². The van der Waals surface area contributed by atoms with Gasteiger partial charge in [-0.1, -0.05) is 48.5 Å². The van der Waals surface area contributed by atoms with Crippen LogP contribution >= 0.6 is 0 Å². The molecule has 1 aliphatic rings. The minimum atomic E-state index is -0.460. The van der Waals surface area contributed by atoms with E-state index >= 15 is 0 Å². The molecule has 3 N–H and O–H groups in total. The van der Waals surface area contributed by atoms with Crippen molar-refractivity contribution in [2.45, 2.75) is 19.5 Å². The van der Waals surface area contributed by atoms with Crippen LogP contribution in [0, 0.1) is 10.1 Å². The molecule has 40 heavy (non-hydrogen) atoms. The van der Waals surface area contributed by atoms with Gasteiger partial charge in [0.25, 0.3) is 11.6 Å². The average Bonchev–Trinajstić information content (AvgIpc) is 2.97. The van der Waals surface area contributed by atoms with Gasteiger partial charge in [-0.05, 0) is 59.5 Å². The summed E-state index contributed by atoms with van der Waals surface area (Å²) in [6, 6.07) is 26.6. The molecular weight excluding hydrogens is 508 g/mol. The van der Waals surface area contributed by atoms with Crippen LogP contribution in [-0.4, -0.2) is 29.9 Å². The topological polar surface area (TPSA) is 128 Å². The standard InChI is InChI=1S/C31H28N4O5/c1-20(21-10-13-26(14-11-21)35(38)39)33-31(37)24-12-15-28-29(18-24)40-17-16-34(28)19-25-4-2-3-5-27(25)22-6-8-23(9-7-22)30(32)36/h2-15,18,20H,16-17,19H2,1H3,(H2,32,36)(H,33,37)/t20-/m0/s1. The molecule has 0 aromatic heterocycles. The second-order valence-electron chi connectivity index (χ2n) is 9.60. The maximum atomic E-state index is 13.0. The van der Waals surface area contributed by atoms with Crippen LogP contribution in [0.2, 0.25) is 0 Å². The number of nitro groups is 1. The first-order valence-corrected chi connectivity index (χ1v) is 12.9. The number of benzene rings is 4. The number of nitro benzene ring substituents is 1. The first-order chi connectivity index (χ1) is 19.3. The van der Waals surface area contributed by atoms with Crippen molar-refractivity contribution in [2.24, 2.45) is 5.73 Å². The van der Waals surface area contributed by atoms with Gasteiger partial charge in [-0.3, -0.25) is 19.7 Å². The molecule has 9 heteroatoms. The van der Waals surface area contributed by atoms with E-state index in [2.05, 4.69) is 22.3 Å². The summed E-state index contributed by atoms with van der Waals surface area (Å²) in [5.74, 6) is -0.0945. The molecule has 9 nitrogen and oxygen atoms in total. The minimum absolute atomic E-state index is 0.00211. The summed E-state index contributed by atoms with van der Waals surface area (Å²) in [6.45, 7) is 3.62. The highest BCUT2D eigenvalue weighted by Crippen LogP contribution is 2.35. The fourth-order valence-electron chi connectivity index (χ4n) is 4.79. The second kappa shape index (κ2) is 11.3. The lowest BCUT2D eigenvalue weighted by atomic mass is 9.98. The Morgan fingerprint density at radius 3 is 2.40 bits per heavy atom. The SMILES string of the molecule is C[C@H](NC(=O)c1ccc2c(c1)OCCN2Cc1ccccc1-c1ccc(C(N)=O)cc1)c1ccc([N+](=O)[O-])cc1. The average molecular weight is 537 g/mol. The quantitative estimate of drug-likeness (QED) is 0.234. The zero-order chi connectivity index (χ0) is 28.2. The Labute approximate surface area is 231 Å². The molecule has 0 unspecified atom stereocenters. The predicted octanol–water partition coefficient (Wildman–Crippen LogP) is 5.25. The van der Waals surface area contributed by atoms with E-state index in [1.165, 1.54) is 12.1 Å². The van der Waals surface area contributed by atoms with Gasteiger partial charge in [0, 0.05) is 29.8 Å². The third-order valence-electron chi connectivity index (χ3n) is 6.99. The van der Waals surface area contributed by atoms with Gasteiger partial charge in [-0.15, -0.1) is 0 Å². The summed E-state index contributed by atoms with van der Waals surface area (Å²) in [5.41, 5.74) is 11.1. The highest BCUT2D eigenvalue weighted by atomic mass is 16.6. The molecule has 0 radical (unpaired) electrons. The third-order valence-corrected chi connectivity index (χ3v) is 6.99. The van der Waals surface area contributed by atoms with Crippen LogP contribution in [0.4, 0.5) is 11.4 Å². The summed E-state index contributed by atoms with van der Waals surface area (Å²) in [5, 5.41) is 13.9. The number of primary amides is 1. The van der Waals surface area contributed by atoms with Crippen molar-refractivity contribution in [1.29, 1.82) is 0 Å². The molecule has 0 saturated carbocycles. The molecule has 0 saturated heterocycles. The molecule has 0 fully saturated rings. The number of rotatable bonds is 8. The molecule has 1 heterocycles. The van der Waals surface area contributed by atoms with Crippen LogP contribution in [-0.2, 0) is 6.54 Å². The Bertz CT molecular complexity index is 1570. The van der Waals surface area contributed by atoms with Crippen LogP contribution in [0.1, 0.15) is 44.8 Å². The number of carbonyl (C=O) groups excluding carboxylic acids is 2. The van der Waals surface area contributed by atoms with Crippen LogP contribution in [0.5, 0.6) is 5.75 Å². The number of anilines is 1. The molecule has 0 bridgehead atoms. The summed E-state index contributed by atoms with van der Waals surface area (Å²) in [7, 11) is 0. The minimum Gasteiger partial charge on any atom is -0.490 e. The predicted molar refractivity (Wildman–Crippen MR) is 152 cm³/mol. The van der Waals surface area contributed by atoms with E-state index in [9.17, 15) is 19.7 Å². The number of hydrogen-bond donors (Lipinski definition) is 2. The van der Waals surface area contributed by atoms with E-state index in [4.69, 9.17) is 10.5 Å². The summed E-state index contributed by atoms with van der Waals surface area (Å²) in [4.78, 5) is 37.2. The lowest BCUT2D eigenvalue weighted by Gasteiger charge is -2.32. The monoisotopic (exact) mass is 536 g/mol. The number of ether oxygens (including phenoxy) is 1. The number of nitrogens with one attached hydrogen (secondary N) is 1. The summed E-state index contributed by atoms with van der Waals surface area (Å²) < 4.78 is 5.93. The van der Waals surface area contributed by atoms with Crippen molar-refractivity contribution in [3.8, 4) is 16.9 Å². The Morgan fingerprint density at radius 1 is 1.00 bits per heavy atom. The Morgan fingerprint density at radius 2 is 1.70 bits per heavy atom. The molecule has 4 aromatic carbocycles. The maximum absolute atomic E-state index is 13.0. The summed E-state index contributed by atoms with van der Waals surface area (Å²) in [6.07, 6.45) is 0. The number of hydrogen-bond acceptors (Lipinski definition) is 6. The van der Waals surface area contributed by atoms with E-state index in [0.29, 0.717) is 36.6 Å². The van der Waals surface area contributed by atoms with Gasteiger partial charge in [0.05, 0.1) is 23.2 Å². The van der Waals surface area contributed by atoms with Crippen molar-refractivity contribution in [2.75, 3.05) is 18.1 Å². The number of nitrogens with zero attached hydrogens (tertiary/aromatic N) is 2. The van der Waals surface area contributed by atoms with Crippen LogP contribution in [0.25, 0.3) is 11.1 Å². The number of carbonyl (C=O) groups is 2. The van der Waals surface area contributed by atoms with Crippen LogP contribution in [0.15, 0.2) is 91.0 Å². The van der Waals surface area contributed by atoms with Gasteiger partial charge in [-0.2, -0.15) is 0 Å². The zero-order valence-corrected chi connectivity index (χ0v) is 21.9. The van der Waals surface area contributed by atoms with Gasteiger partial charge < -0.3 is 20.7 Å². The number of non-ortho nitro benzene ring substituents is 1. The van der Waals surface area contributed by atoms with Gasteiger partial charge in [0.15, 0.2) is 0 Å². The van der Waals surface area contributed by atoms with E-state index in [1.807, 2.05) is 37.3 Å². The molecular formula is C31H28N4O5. The van der Waals surface area contributed by atoms with Gasteiger partial charge >= 0.3 is 0 Å². The number of fused-ring (bicyclic) bond motifs is 1. The van der Waals surface area contributed by atoms with Gasteiger partial charge in [-0.25, -0.2) is 0 Å². The van der Waals surface area contributed by atoms with Crippen LogP contribution in [0.3, 0.4) is 0 Å². The van der Waals surface area contributed by atoms with E-state index in [1.54, 1.807) is 36.4 Å². The lowest BCUT2D eigenvalue weighted by Crippen LogP contribution is -2.33. The maximum Gasteiger partial charge on any atom is 0.269 e. The molecule has 0 spiro atoms. The Balaban J connectivity index is 1.32. The molecule has 1 atom stereocenters. The first kappa shape index (κ1) is 26.4. The first-order valence-electron chi connectivity index (χ1n) is 12.9. The van der Waals surface area contributed by atoms with Crippen molar-refractivity contribution in [3.05, 3.63) is 123 Å². The van der Waals surface area contributed by atoms with Crippen molar-refractivity contribution in [3.63, 3.8) is 0 Å². The molecule has 5 rings (SSSR count). The molecule has 1 aliphatic heterocycles. The number of amides is 2. The van der Waals surface area contributed by atoms with Crippen LogP contribution < -0.4 is 20.7 Å². The second-order valence-corrected chi connectivity index (χ2v) is 9.60. The van der Waals surface area contributed by atoms with E-state index in [-0.39, 0.29) is 17.6 Å². The normalized spacial score (nSPS) is 13.1. The smallest absolute Gasteiger partial charge is 0.269 e.